The van der Waals surface area contributed by atoms with Crippen molar-refractivity contribution in [2.45, 2.75) is 51.9 Å². The van der Waals surface area contributed by atoms with Gasteiger partial charge in [0.2, 0.25) is 0 Å². The summed E-state index contributed by atoms with van der Waals surface area (Å²) in [5.41, 5.74) is 7.88. The van der Waals surface area contributed by atoms with Crippen molar-refractivity contribution in [3.05, 3.63) is 89.1 Å². The van der Waals surface area contributed by atoms with Crippen molar-refractivity contribution in [3.8, 4) is 11.3 Å². The van der Waals surface area contributed by atoms with Crippen molar-refractivity contribution in [2.24, 2.45) is 5.92 Å². The van der Waals surface area contributed by atoms with Gasteiger partial charge >= 0.3 is 0 Å². The van der Waals surface area contributed by atoms with E-state index in [1.54, 1.807) is 0 Å². The fraction of sp³-hybridized carbons (Fsp3) is 0.346. The average Bonchev–Trinajstić information content (AvgIpc) is 2.71. The van der Waals surface area contributed by atoms with Crippen LogP contribution in [-0.2, 0) is 12.8 Å². The number of pyridine rings is 1. The van der Waals surface area contributed by atoms with Gasteiger partial charge in [-0.3, -0.25) is 4.98 Å². The van der Waals surface area contributed by atoms with E-state index in [0.29, 0.717) is 0 Å². The van der Waals surface area contributed by atoms with Crippen molar-refractivity contribution in [3.63, 3.8) is 0 Å². The molecule has 0 N–H and O–H groups in total. The van der Waals surface area contributed by atoms with Gasteiger partial charge in [-0.2, -0.15) is 0 Å². The van der Waals surface area contributed by atoms with Crippen molar-refractivity contribution in [1.29, 1.82) is 0 Å². The quantitative estimate of drug-likeness (QED) is 0.492. The monoisotopic (exact) mass is 355 g/mol. The van der Waals surface area contributed by atoms with Crippen molar-refractivity contribution < 1.29 is 0 Å². The van der Waals surface area contributed by atoms with Crippen LogP contribution in [0.4, 0.5) is 0 Å². The number of hydrogen-bond acceptors (Lipinski definition) is 1. The Labute approximate surface area is 163 Å². The Morgan fingerprint density at radius 3 is 2.48 bits per heavy atom. The van der Waals surface area contributed by atoms with Gasteiger partial charge in [0.25, 0.3) is 0 Å². The summed E-state index contributed by atoms with van der Waals surface area (Å²) in [6, 6.07) is 22.0. The number of hydrogen-bond donors (Lipinski definition) is 0. The normalized spacial score (nSPS) is 15.0. The van der Waals surface area contributed by atoms with E-state index >= 15 is 0 Å². The van der Waals surface area contributed by atoms with E-state index in [4.69, 9.17) is 0 Å². The van der Waals surface area contributed by atoms with Crippen LogP contribution >= 0.6 is 0 Å². The second-order valence-electron chi connectivity index (χ2n) is 8.06. The first-order valence-electron chi connectivity index (χ1n) is 10.4. The van der Waals surface area contributed by atoms with Gasteiger partial charge in [0.05, 0.1) is 5.69 Å². The van der Waals surface area contributed by atoms with Crippen LogP contribution in [0.5, 0.6) is 0 Å². The highest BCUT2D eigenvalue weighted by molar-refractivity contribution is 5.62. The molecule has 0 radical (unpaired) electrons. The Morgan fingerprint density at radius 2 is 1.67 bits per heavy atom. The molecule has 1 fully saturated rings. The second kappa shape index (κ2) is 8.52. The molecule has 1 aliphatic carbocycles. The molecule has 0 spiro atoms. The molecular weight excluding hydrogens is 326 g/mol. The predicted molar refractivity (Wildman–Crippen MR) is 114 cm³/mol. The Balaban J connectivity index is 1.56. The van der Waals surface area contributed by atoms with E-state index in [9.17, 15) is 0 Å². The van der Waals surface area contributed by atoms with Crippen LogP contribution < -0.4 is 0 Å². The summed E-state index contributed by atoms with van der Waals surface area (Å²) in [7, 11) is 0. The molecule has 27 heavy (non-hydrogen) atoms. The van der Waals surface area contributed by atoms with E-state index < -0.39 is 0 Å². The smallest absolute Gasteiger partial charge is 0.0704 e. The van der Waals surface area contributed by atoms with Crippen LogP contribution in [0.3, 0.4) is 0 Å². The Hall–Kier alpha value is -2.41. The van der Waals surface area contributed by atoms with Crippen LogP contribution in [0.1, 0.15) is 54.4 Å². The number of aryl methyl sites for hydroxylation is 1. The summed E-state index contributed by atoms with van der Waals surface area (Å²) in [6.45, 7) is 2.20. The molecule has 2 aromatic carbocycles. The molecule has 138 valence electrons. The molecule has 1 nitrogen and oxygen atoms in total. The molecule has 1 heteroatoms. The number of rotatable bonds is 5. The zero-order valence-corrected chi connectivity index (χ0v) is 16.3. The van der Waals surface area contributed by atoms with Crippen LogP contribution in [0, 0.1) is 12.8 Å². The lowest BCUT2D eigenvalue weighted by atomic mass is 9.85. The van der Waals surface area contributed by atoms with E-state index in [1.165, 1.54) is 66.3 Å². The Bertz CT molecular complexity index is 876. The summed E-state index contributed by atoms with van der Waals surface area (Å²) in [5, 5.41) is 0. The van der Waals surface area contributed by atoms with Crippen LogP contribution in [-0.4, -0.2) is 4.98 Å². The largest absolute Gasteiger partial charge is 0.256 e. The van der Waals surface area contributed by atoms with E-state index in [1.807, 2.05) is 6.20 Å². The summed E-state index contributed by atoms with van der Waals surface area (Å²) in [6.07, 6.45) is 11.2. The van der Waals surface area contributed by atoms with Gasteiger partial charge in [0.1, 0.15) is 0 Å². The summed E-state index contributed by atoms with van der Waals surface area (Å²) in [4.78, 5) is 4.68. The summed E-state index contributed by atoms with van der Waals surface area (Å²) in [5.74, 6) is 0.862. The number of aromatic nitrogens is 1. The molecule has 1 heterocycles. The number of nitrogens with zero attached hydrogens (tertiary/aromatic N) is 1. The third kappa shape index (κ3) is 4.66. The highest BCUT2D eigenvalue weighted by atomic mass is 14.7. The third-order valence-electron chi connectivity index (χ3n) is 5.96. The minimum atomic E-state index is 0.862. The Morgan fingerprint density at radius 1 is 0.852 bits per heavy atom. The molecule has 3 aromatic rings. The predicted octanol–water partition coefficient (Wildman–Crippen LogP) is 6.77. The van der Waals surface area contributed by atoms with Crippen LogP contribution in [0.25, 0.3) is 11.3 Å². The minimum absolute atomic E-state index is 0.862. The molecular formula is C26H29N. The van der Waals surface area contributed by atoms with Crippen LogP contribution in [0.2, 0.25) is 0 Å². The molecule has 1 aromatic heterocycles. The lowest BCUT2D eigenvalue weighted by Gasteiger charge is -2.21. The van der Waals surface area contributed by atoms with Crippen molar-refractivity contribution >= 4 is 0 Å². The van der Waals surface area contributed by atoms with Crippen molar-refractivity contribution in [1.82, 2.24) is 4.98 Å². The fourth-order valence-corrected chi connectivity index (χ4v) is 4.32. The molecule has 0 bridgehead atoms. The first-order valence-corrected chi connectivity index (χ1v) is 10.4. The van der Waals surface area contributed by atoms with Gasteiger partial charge in [-0.1, -0.05) is 74.6 Å². The van der Waals surface area contributed by atoms with Gasteiger partial charge < -0.3 is 0 Å². The first-order chi connectivity index (χ1) is 13.3. The number of benzene rings is 2. The molecule has 0 saturated heterocycles. The highest BCUT2D eigenvalue weighted by Crippen LogP contribution is 2.28. The standard InChI is InChI=1S/C26H29N/c1-20-12-13-24(19-25(20)17-22-10-6-3-7-11-22)26-18-23(14-15-27-26)16-21-8-4-2-5-9-21/h3,6-7,10-15,18-19,21H,2,4-5,8-9,16-17H2,1H3. The van der Waals surface area contributed by atoms with Crippen LogP contribution in [0.15, 0.2) is 66.9 Å². The Kier molecular flexibility index (Phi) is 5.67. The second-order valence-corrected chi connectivity index (χ2v) is 8.06. The molecule has 4 rings (SSSR count). The zero-order valence-electron chi connectivity index (χ0n) is 16.3. The highest BCUT2D eigenvalue weighted by Gasteiger charge is 2.14. The fourth-order valence-electron chi connectivity index (χ4n) is 4.32. The van der Waals surface area contributed by atoms with Gasteiger partial charge in [-0.15, -0.1) is 0 Å². The average molecular weight is 356 g/mol. The van der Waals surface area contributed by atoms with Gasteiger partial charge in [-0.25, -0.2) is 0 Å². The first kappa shape index (κ1) is 18.0. The molecule has 1 saturated carbocycles. The van der Waals surface area contributed by atoms with E-state index in [-0.39, 0.29) is 0 Å². The van der Waals surface area contributed by atoms with Crippen molar-refractivity contribution in [2.75, 3.05) is 0 Å². The van der Waals surface area contributed by atoms with Gasteiger partial charge in [-0.05, 0) is 66.1 Å². The molecule has 0 unspecified atom stereocenters. The summed E-state index contributed by atoms with van der Waals surface area (Å²) >= 11 is 0. The van der Waals surface area contributed by atoms with Gasteiger partial charge in [0, 0.05) is 11.8 Å². The van der Waals surface area contributed by atoms with E-state index in [0.717, 1.165) is 18.0 Å². The molecule has 0 amide bonds. The van der Waals surface area contributed by atoms with E-state index in [2.05, 4.69) is 72.6 Å². The SMILES string of the molecule is Cc1ccc(-c2cc(CC3CCCCC3)ccn2)cc1Cc1ccccc1. The van der Waals surface area contributed by atoms with Gasteiger partial charge in [0.15, 0.2) is 0 Å². The molecule has 0 aliphatic heterocycles. The maximum Gasteiger partial charge on any atom is 0.0704 e. The third-order valence-corrected chi connectivity index (χ3v) is 5.96. The lowest BCUT2D eigenvalue weighted by molar-refractivity contribution is 0.356. The zero-order chi connectivity index (χ0) is 18.5. The lowest BCUT2D eigenvalue weighted by Crippen LogP contribution is -2.09. The maximum absolute atomic E-state index is 4.68. The molecule has 1 aliphatic rings. The molecule has 0 atom stereocenters. The maximum atomic E-state index is 4.68. The summed E-state index contributed by atoms with van der Waals surface area (Å²) < 4.78 is 0. The minimum Gasteiger partial charge on any atom is -0.256 e. The topological polar surface area (TPSA) is 12.9 Å².